The Labute approximate surface area is 90.9 Å². The number of aromatic nitrogens is 1. The number of methoxy groups -OCH3 is 1. The van der Waals surface area contributed by atoms with Crippen molar-refractivity contribution in [3.05, 3.63) is 22.9 Å². The van der Waals surface area contributed by atoms with E-state index in [0.29, 0.717) is 0 Å². The molecule has 0 saturated carbocycles. The molecule has 0 radical (unpaired) electrons. The summed E-state index contributed by atoms with van der Waals surface area (Å²) in [5.41, 5.74) is -0.119. The van der Waals surface area contributed by atoms with Crippen molar-refractivity contribution in [3.8, 4) is 5.88 Å². The maximum atomic E-state index is 12.8. The lowest BCUT2D eigenvalue weighted by molar-refractivity contribution is -0.136. The number of carboxylic acid groups (broad SMARTS) is 1. The van der Waals surface area contributed by atoms with Crippen LogP contribution in [0.2, 0.25) is 0 Å². The highest BCUT2D eigenvalue weighted by Crippen LogP contribution is 2.31. The molecule has 1 N–H and O–H groups in total. The van der Waals surface area contributed by atoms with Gasteiger partial charge < -0.3 is 9.84 Å². The number of aryl methyl sites for hydroxylation is 1. The summed E-state index contributed by atoms with van der Waals surface area (Å²) in [5, 5.41) is 8.66. The second kappa shape index (κ2) is 4.87. The Bertz CT molecular complexity index is 407. The number of carboxylic acids is 1. The van der Waals surface area contributed by atoms with E-state index in [1.165, 1.54) is 20.2 Å². The SMILES string of the molecule is COc1ncc(C)c(C(F)F)c1CC(=O)O. The molecule has 0 aliphatic carbocycles. The van der Waals surface area contributed by atoms with Crippen LogP contribution < -0.4 is 4.74 Å². The third kappa shape index (κ3) is 2.44. The monoisotopic (exact) mass is 231 g/mol. The maximum Gasteiger partial charge on any atom is 0.308 e. The quantitative estimate of drug-likeness (QED) is 0.860. The normalized spacial score (nSPS) is 10.6. The van der Waals surface area contributed by atoms with Crippen molar-refractivity contribution in [2.45, 2.75) is 19.8 Å². The van der Waals surface area contributed by atoms with Gasteiger partial charge in [0.15, 0.2) is 0 Å². The van der Waals surface area contributed by atoms with Crippen LogP contribution in [0.3, 0.4) is 0 Å². The summed E-state index contributed by atoms with van der Waals surface area (Å²) in [5.74, 6) is -1.27. The average Bonchev–Trinajstić information content (AvgIpc) is 2.16. The molecule has 1 heterocycles. The van der Waals surface area contributed by atoms with E-state index in [4.69, 9.17) is 9.84 Å². The number of aliphatic carboxylic acids is 1. The van der Waals surface area contributed by atoms with Crippen molar-refractivity contribution in [2.24, 2.45) is 0 Å². The number of carbonyl (C=O) groups is 1. The summed E-state index contributed by atoms with van der Waals surface area (Å²) >= 11 is 0. The first-order chi connectivity index (χ1) is 7.47. The summed E-state index contributed by atoms with van der Waals surface area (Å²) in [7, 11) is 1.26. The fraction of sp³-hybridized carbons (Fsp3) is 0.400. The Kier molecular flexibility index (Phi) is 3.76. The molecule has 0 unspecified atom stereocenters. The molecule has 1 rings (SSSR count). The first kappa shape index (κ1) is 12.4. The smallest absolute Gasteiger partial charge is 0.308 e. The Balaban J connectivity index is 3.36. The third-order valence-electron chi connectivity index (χ3n) is 2.12. The molecular weight excluding hydrogens is 220 g/mol. The molecule has 1 aromatic heterocycles. The number of ether oxygens (including phenoxy) is 1. The van der Waals surface area contributed by atoms with Crippen LogP contribution in [-0.2, 0) is 11.2 Å². The van der Waals surface area contributed by atoms with E-state index in [9.17, 15) is 13.6 Å². The Morgan fingerprint density at radius 1 is 1.62 bits per heavy atom. The Hall–Kier alpha value is -1.72. The van der Waals surface area contributed by atoms with Gasteiger partial charge in [-0.2, -0.15) is 0 Å². The molecule has 16 heavy (non-hydrogen) atoms. The lowest BCUT2D eigenvalue weighted by atomic mass is 10.0. The summed E-state index contributed by atoms with van der Waals surface area (Å²) in [4.78, 5) is 14.4. The molecule has 4 nitrogen and oxygen atoms in total. The highest BCUT2D eigenvalue weighted by atomic mass is 19.3. The second-order valence-corrected chi connectivity index (χ2v) is 3.21. The van der Waals surface area contributed by atoms with Crippen molar-refractivity contribution in [1.29, 1.82) is 0 Å². The fourth-order valence-electron chi connectivity index (χ4n) is 1.46. The minimum atomic E-state index is -2.74. The summed E-state index contributed by atoms with van der Waals surface area (Å²) in [6, 6.07) is 0. The van der Waals surface area contributed by atoms with Gasteiger partial charge in [0.05, 0.1) is 13.5 Å². The van der Waals surface area contributed by atoms with Gasteiger partial charge in [-0.15, -0.1) is 0 Å². The molecule has 0 fully saturated rings. The van der Waals surface area contributed by atoms with Gasteiger partial charge >= 0.3 is 5.97 Å². The van der Waals surface area contributed by atoms with Crippen LogP contribution in [0.25, 0.3) is 0 Å². The largest absolute Gasteiger partial charge is 0.481 e. The van der Waals surface area contributed by atoms with E-state index in [2.05, 4.69) is 4.98 Å². The summed E-state index contributed by atoms with van der Waals surface area (Å²) in [6.45, 7) is 1.46. The number of hydrogen-bond acceptors (Lipinski definition) is 3. The van der Waals surface area contributed by atoms with Gasteiger partial charge in [0.25, 0.3) is 6.43 Å². The zero-order valence-electron chi connectivity index (χ0n) is 8.83. The summed E-state index contributed by atoms with van der Waals surface area (Å²) in [6.07, 6.45) is -2.03. The van der Waals surface area contributed by atoms with Crippen molar-refractivity contribution in [3.63, 3.8) is 0 Å². The minimum Gasteiger partial charge on any atom is -0.481 e. The minimum absolute atomic E-state index is 0.0648. The van der Waals surface area contributed by atoms with Crippen molar-refractivity contribution in [2.75, 3.05) is 7.11 Å². The molecule has 0 atom stereocenters. The number of nitrogens with zero attached hydrogens (tertiary/aromatic N) is 1. The predicted molar refractivity (Wildman–Crippen MR) is 51.8 cm³/mol. The molecular formula is C10H11F2NO3. The van der Waals surface area contributed by atoms with Gasteiger partial charge in [-0.3, -0.25) is 4.79 Å². The van der Waals surface area contributed by atoms with Crippen molar-refractivity contribution in [1.82, 2.24) is 4.98 Å². The molecule has 0 bridgehead atoms. The zero-order chi connectivity index (χ0) is 12.3. The van der Waals surface area contributed by atoms with Gasteiger partial charge in [0.1, 0.15) is 0 Å². The van der Waals surface area contributed by atoms with Crippen LogP contribution in [0.5, 0.6) is 5.88 Å². The van der Waals surface area contributed by atoms with Gasteiger partial charge in [-0.05, 0) is 12.5 Å². The highest BCUT2D eigenvalue weighted by molar-refractivity contribution is 5.72. The molecule has 0 aliphatic heterocycles. The number of alkyl halides is 2. The lowest BCUT2D eigenvalue weighted by Gasteiger charge is -2.13. The Morgan fingerprint density at radius 3 is 2.69 bits per heavy atom. The van der Waals surface area contributed by atoms with Crippen LogP contribution in [0.15, 0.2) is 6.20 Å². The Morgan fingerprint density at radius 2 is 2.25 bits per heavy atom. The van der Waals surface area contributed by atoms with Crippen molar-refractivity contribution >= 4 is 5.97 Å². The number of hydrogen-bond donors (Lipinski definition) is 1. The van der Waals surface area contributed by atoms with E-state index in [1.807, 2.05) is 0 Å². The van der Waals surface area contributed by atoms with E-state index in [1.54, 1.807) is 0 Å². The topological polar surface area (TPSA) is 59.4 Å². The highest BCUT2D eigenvalue weighted by Gasteiger charge is 2.22. The molecule has 88 valence electrons. The number of halogens is 2. The van der Waals surface area contributed by atoms with Crippen LogP contribution in [-0.4, -0.2) is 23.2 Å². The summed E-state index contributed by atoms with van der Waals surface area (Å²) < 4.78 is 30.3. The zero-order valence-corrected chi connectivity index (χ0v) is 8.83. The first-order valence-corrected chi connectivity index (χ1v) is 4.49. The third-order valence-corrected chi connectivity index (χ3v) is 2.12. The molecule has 0 aromatic carbocycles. The van der Waals surface area contributed by atoms with Gasteiger partial charge in [0, 0.05) is 17.3 Å². The fourth-order valence-corrected chi connectivity index (χ4v) is 1.46. The lowest BCUT2D eigenvalue weighted by Crippen LogP contribution is -2.09. The molecule has 0 amide bonds. The van der Waals surface area contributed by atoms with E-state index in [-0.39, 0.29) is 22.6 Å². The first-order valence-electron chi connectivity index (χ1n) is 4.49. The van der Waals surface area contributed by atoms with Crippen LogP contribution in [0, 0.1) is 6.92 Å². The van der Waals surface area contributed by atoms with Gasteiger partial charge in [0.2, 0.25) is 5.88 Å². The molecule has 6 heteroatoms. The van der Waals surface area contributed by atoms with Gasteiger partial charge in [-0.25, -0.2) is 13.8 Å². The number of rotatable bonds is 4. The second-order valence-electron chi connectivity index (χ2n) is 3.21. The van der Waals surface area contributed by atoms with Gasteiger partial charge in [-0.1, -0.05) is 0 Å². The molecule has 1 aromatic rings. The number of pyridine rings is 1. The average molecular weight is 231 g/mol. The predicted octanol–water partition coefficient (Wildman–Crippen LogP) is 1.96. The maximum absolute atomic E-state index is 12.8. The molecule has 0 aliphatic rings. The van der Waals surface area contributed by atoms with Crippen molar-refractivity contribution < 1.29 is 23.4 Å². The molecule has 0 spiro atoms. The van der Waals surface area contributed by atoms with Crippen LogP contribution in [0.4, 0.5) is 8.78 Å². The standard InChI is InChI=1S/C10H11F2NO3/c1-5-4-13-10(16-2)6(3-7(14)15)8(5)9(11)12/h4,9H,3H2,1-2H3,(H,14,15). The van der Waals surface area contributed by atoms with Crippen LogP contribution >= 0.6 is 0 Å². The van der Waals surface area contributed by atoms with E-state index >= 15 is 0 Å². The van der Waals surface area contributed by atoms with E-state index in [0.717, 1.165) is 0 Å². The molecule has 0 saturated heterocycles. The van der Waals surface area contributed by atoms with Crippen LogP contribution in [0.1, 0.15) is 23.1 Å². The van der Waals surface area contributed by atoms with E-state index < -0.39 is 18.8 Å².